The number of piperazine rings is 1. The molecule has 0 radical (unpaired) electrons. The van der Waals surface area contributed by atoms with Crippen molar-refractivity contribution in [2.45, 2.75) is 49.9 Å². The summed E-state index contributed by atoms with van der Waals surface area (Å²) >= 11 is 0. The number of carbonyl (C=O) groups is 5. The van der Waals surface area contributed by atoms with Crippen molar-refractivity contribution in [3.05, 3.63) is 138 Å². The number of aromatic amines is 1. The molecule has 0 unspecified atom stereocenters. The fourth-order valence-corrected chi connectivity index (χ4v) is 8.87. The van der Waals surface area contributed by atoms with Gasteiger partial charge in [0.15, 0.2) is 0 Å². The maximum Gasteiger partial charge on any atom is 0.407 e. The van der Waals surface area contributed by atoms with Gasteiger partial charge >= 0.3 is 12.1 Å². The van der Waals surface area contributed by atoms with Gasteiger partial charge in [-0.3, -0.25) is 14.4 Å². The van der Waals surface area contributed by atoms with Gasteiger partial charge in [0.25, 0.3) is 11.8 Å². The lowest BCUT2D eigenvalue weighted by Gasteiger charge is -2.34. The molecule has 6 amide bonds. The number of ether oxygens (including phenoxy) is 1. The molecule has 3 fully saturated rings. The monoisotopic (exact) mass is 865 g/mol. The minimum atomic E-state index is -0.895. The van der Waals surface area contributed by atoms with Gasteiger partial charge in [0.1, 0.15) is 17.9 Å². The van der Waals surface area contributed by atoms with Gasteiger partial charge in [-0.15, -0.1) is 0 Å². The number of nitrogens with one attached hydrogen (secondary N) is 4. The summed E-state index contributed by atoms with van der Waals surface area (Å²) in [5.41, 5.74) is 5.56. The van der Waals surface area contributed by atoms with Crippen molar-refractivity contribution in [3.8, 4) is 22.4 Å². The fourth-order valence-electron chi connectivity index (χ4n) is 8.87. The minimum absolute atomic E-state index is 0.176. The van der Waals surface area contributed by atoms with Crippen LogP contribution >= 0.6 is 0 Å². The SMILES string of the molecule is COC(=O)N[C@@H](C(=O)N1CCC[C@H]1c1ncc(-c2ccc(-c3ccc(C(=O)NC[C@@H]4CCCN4C(=O)[C@H](NC(=O)N4CCN(C)CC4)c4ccccc4)cc3)cc2)[nH]1)c1ccccc1. The number of amides is 6. The molecule has 4 heterocycles. The molecular weight excluding hydrogens is 811 g/mol. The molecule has 0 bridgehead atoms. The van der Waals surface area contributed by atoms with Crippen molar-refractivity contribution in [1.29, 1.82) is 0 Å². The zero-order valence-corrected chi connectivity index (χ0v) is 36.2. The summed E-state index contributed by atoms with van der Waals surface area (Å²) < 4.78 is 4.83. The molecule has 15 heteroatoms. The molecule has 64 heavy (non-hydrogen) atoms. The van der Waals surface area contributed by atoms with Gasteiger partial charge in [-0.1, -0.05) is 97.1 Å². The van der Waals surface area contributed by atoms with Crippen LogP contribution in [0.1, 0.15) is 71.1 Å². The molecule has 4 N–H and O–H groups in total. The van der Waals surface area contributed by atoms with Crippen molar-refractivity contribution >= 4 is 29.8 Å². The first-order chi connectivity index (χ1) is 31.2. The average Bonchev–Trinajstić information content (AvgIpc) is 4.14. The zero-order chi connectivity index (χ0) is 44.6. The Kier molecular flexibility index (Phi) is 13.6. The van der Waals surface area contributed by atoms with E-state index < -0.39 is 18.2 Å². The van der Waals surface area contributed by atoms with Crippen LogP contribution in [-0.4, -0.2) is 125 Å². The van der Waals surface area contributed by atoms with Crippen molar-refractivity contribution in [1.82, 2.24) is 45.5 Å². The van der Waals surface area contributed by atoms with Crippen molar-refractivity contribution in [3.63, 3.8) is 0 Å². The van der Waals surface area contributed by atoms with Gasteiger partial charge < -0.3 is 45.3 Å². The molecule has 0 aliphatic carbocycles. The van der Waals surface area contributed by atoms with Gasteiger partial charge in [-0.2, -0.15) is 0 Å². The number of methoxy groups -OCH3 is 1. The highest BCUT2D eigenvalue weighted by Crippen LogP contribution is 2.34. The molecule has 332 valence electrons. The molecule has 4 atom stereocenters. The smallest absolute Gasteiger partial charge is 0.407 e. The Bertz CT molecular complexity index is 2400. The van der Waals surface area contributed by atoms with Crippen LogP contribution in [0.3, 0.4) is 0 Å². The fraction of sp³-hybridized carbons (Fsp3) is 0.347. The van der Waals surface area contributed by atoms with Crippen molar-refractivity contribution in [2.24, 2.45) is 0 Å². The number of hydrogen-bond acceptors (Lipinski definition) is 8. The number of alkyl carbamates (subject to hydrolysis) is 1. The van der Waals surface area contributed by atoms with E-state index in [1.54, 1.807) is 33.0 Å². The molecule has 3 aliphatic heterocycles. The summed E-state index contributed by atoms with van der Waals surface area (Å²) in [5, 5.41) is 8.78. The standard InChI is InChI=1S/C49H55N9O6/c1-55-27-29-56(30-28-55)48(62)53-42(36-11-5-3-6-12-36)46(60)57-25-9-15-39(57)31-51-45(59)38-23-19-34(20-24-38)33-17-21-35(22-18-33)40-32-50-44(52-40)41-16-10-26-58(41)47(61)43(54-49(63)64-2)37-13-7-4-8-14-37/h3-8,11-14,17-24,32,39,41-43H,9-10,15-16,25-31H2,1-2H3,(H,50,52)(H,51,59)(H,53,62)(H,54,63)/t39-,41-,42+,43+/m0/s1. The number of carbonyl (C=O) groups excluding carboxylic acids is 5. The van der Waals surface area contributed by atoms with Crippen LogP contribution < -0.4 is 16.0 Å². The summed E-state index contributed by atoms with van der Waals surface area (Å²) in [6.45, 7) is 4.14. The van der Waals surface area contributed by atoms with Crippen molar-refractivity contribution in [2.75, 3.05) is 60.0 Å². The van der Waals surface area contributed by atoms with E-state index in [4.69, 9.17) is 4.74 Å². The van der Waals surface area contributed by atoms with E-state index in [2.05, 4.69) is 30.8 Å². The number of benzene rings is 4. The Morgan fingerprint density at radius 3 is 1.89 bits per heavy atom. The molecule has 5 aromatic rings. The summed E-state index contributed by atoms with van der Waals surface area (Å²) in [4.78, 5) is 82.7. The Balaban J connectivity index is 0.871. The number of aromatic nitrogens is 2. The quantitative estimate of drug-likeness (QED) is 0.120. The summed E-state index contributed by atoms with van der Waals surface area (Å²) in [7, 11) is 3.30. The van der Waals surface area contributed by atoms with E-state index in [0.29, 0.717) is 49.7 Å². The van der Waals surface area contributed by atoms with Gasteiger partial charge in [-0.05, 0) is 72.7 Å². The molecule has 0 saturated carbocycles. The number of hydrogen-bond donors (Lipinski definition) is 4. The first kappa shape index (κ1) is 43.6. The van der Waals surface area contributed by atoms with Gasteiger partial charge in [0, 0.05) is 57.4 Å². The number of H-pyrrole nitrogens is 1. The Morgan fingerprint density at radius 1 is 0.688 bits per heavy atom. The lowest BCUT2D eigenvalue weighted by atomic mass is 10.0. The maximum atomic E-state index is 14.1. The molecule has 8 rings (SSSR count). The van der Waals surface area contributed by atoms with E-state index in [1.807, 2.05) is 104 Å². The summed E-state index contributed by atoms with van der Waals surface area (Å²) in [6.07, 6.45) is 4.19. The van der Waals surface area contributed by atoms with Crippen LogP contribution in [0.15, 0.2) is 115 Å². The second-order valence-electron chi connectivity index (χ2n) is 16.6. The van der Waals surface area contributed by atoms with Gasteiger partial charge in [0.2, 0.25) is 5.91 Å². The first-order valence-corrected chi connectivity index (χ1v) is 22.0. The molecule has 15 nitrogen and oxygen atoms in total. The number of likely N-dealkylation sites (N-methyl/N-ethyl adjacent to an activating group) is 1. The third-order valence-corrected chi connectivity index (χ3v) is 12.5. The third kappa shape index (κ3) is 9.94. The molecule has 0 spiro atoms. The van der Waals surface area contributed by atoms with E-state index >= 15 is 0 Å². The number of urea groups is 1. The molecule has 3 saturated heterocycles. The molecule has 3 aliphatic rings. The first-order valence-electron chi connectivity index (χ1n) is 22.0. The van der Waals surface area contributed by atoms with E-state index in [9.17, 15) is 24.0 Å². The number of likely N-dealkylation sites (tertiary alicyclic amines) is 2. The summed E-state index contributed by atoms with van der Waals surface area (Å²) in [5.74, 6) is 0.0498. The number of rotatable bonds is 12. The zero-order valence-electron chi connectivity index (χ0n) is 36.2. The van der Waals surface area contributed by atoms with E-state index in [1.165, 1.54) is 7.11 Å². The van der Waals surface area contributed by atoms with Crippen LogP contribution in [0.25, 0.3) is 22.4 Å². The minimum Gasteiger partial charge on any atom is -0.453 e. The van der Waals surface area contributed by atoms with Gasteiger partial charge in [-0.25, -0.2) is 14.6 Å². The third-order valence-electron chi connectivity index (χ3n) is 12.5. The lowest BCUT2D eigenvalue weighted by Crippen LogP contribution is -2.54. The predicted molar refractivity (Wildman–Crippen MR) is 242 cm³/mol. The van der Waals surface area contributed by atoms with Crippen LogP contribution in [-0.2, 0) is 14.3 Å². The number of nitrogens with zero attached hydrogens (tertiary/aromatic N) is 5. The highest BCUT2D eigenvalue weighted by atomic mass is 16.5. The second kappa shape index (κ2) is 20.0. The molecule has 1 aromatic heterocycles. The lowest BCUT2D eigenvalue weighted by molar-refractivity contribution is -0.135. The highest BCUT2D eigenvalue weighted by Gasteiger charge is 2.38. The van der Waals surface area contributed by atoms with E-state index in [-0.39, 0.29) is 35.8 Å². The molecule has 4 aromatic carbocycles. The van der Waals surface area contributed by atoms with Crippen LogP contribution in [0.5, 0.6) is 0 Å². The van der Waals surface area contributed by atoms with Crippen LogP contribution in [0.2, 0.25) is 0 Å². The predicted octanol–water partition coefficient (Wildman–Crippen LogP) is 5.92. The van der Waals surface area contributed by atoms with Crippen molar-refractivity contribution < 1.29 is 28.7 Å². The second-order valence-corrected chi connectivity index (χ2v) is 16.6. The normalized spacial score (nSPS) is 18.6. The Morgan fingerprint density at radius 2 is 1.25 bits per heavy atom. The summed E-state index contributed by atoms with van der Waals surface area (Å²) in [6, 6.07) is 31.5. The maximum absolute atomic E-state index is 14.1. The van der Waals surface area contributed by atoms with Gasteiger partial charge in [0.05, 0.1) is 25.0 Å². The topological polar surface area (TPSA) is 172 Å². The highest BCUT2D eigenvalue weighted by molar-refractivity contribution is 5.95. The molecular formula is C49H55N9O6. The largest absolute Gasteiger partial charge is 0.453 e. The van der Waals surface area contributed by atoms with E-state index in [0.717, 1.165) is 66.7 Å². The average molecular weight is 866 g/mol. The van der Waals surface area contributed by atoms with Crippen LogP contribution in [0, 0.1) is 0 Å². The number of imidazole rings is 1. The Labute approximate surface area is 373 Å². The van der Waals surface area contributed by atoms with Crippen LogP contribution in [0.4, 0.5) is 9.59 Å². The Hall–Kier alpha value is -7.00.